The molecule has 2 unspecified atom stereocenters. The van der Waals surface area contributed by atoms with Crippen molar-refractivity contribution in [2.45, 2.75) is 30.3 Å². The quantitative estimate of drug-likeness (QED) is 0.495. The Bertz CT molecular complexity index is 1340. The zero-order valence-corrected chi connectivity index (χ0v) is 19.8. The Morgan fingerprint density at radius 3 is 2.46 bits per heavy atom. The average molecular weight is 489 g/mol. The summed E-state index contributed by atoms with van der Waals surface area (Å²) in [6.07, 6.45) is 0.548. The molecule has 0 radical (unpaired) electrons. The number of hydrogen-bond donors (Lipinski definition) is 2. The minimum absolute atomic E-state index is 0.163. The highest BCUT2D eigenvalue weighted by Gasteiger charge is 2.55. The minimum atomic E-state index is -1.08. The number of methoxy groups -OCH3 is 1. The molecule has 7 nitrogen and oxygen atoms in total. The van der Waals surface area contributed by atoms with E-state index < -0.39 is 23.4 Å². The third-order valence-electron chi connectivity index (χ3n) is 6.41. The second kappa shape index (κ2) is 9.46. The van der Waals surface area contributed by atoms with Crippen LogP contribution in [0.5, 0.6) is 5.75 Å². The highest BCUT2D eigenvalue weighted by molar-refractivity contribution is 8.02. The van der Waals surface area contributed by atoms with Gasteiger partial charge in [0.2, 0.25) is 11.8 Å². The van der Waals surface area contributed by atoms with Crippen molar-refractivity contribution in [3.05, 3.63) is 88.8 Å². The molecule has 8 heteroatoms. The summed E-state index contributed by atoms with van der Waals surface area (Å²) in [6, 6.07) is 19.1. The van der Waals surface area contributed by atoms with E-state index in [0.29, 0.717) is 12.0 Å². The Morgan fingerprint density at radius 2 is 1.74 bits per heavy atom. The van der Waals surface area contributed by atoms with Crippen LogP contribution in [0.4, 0.5) is 0 Å². The molecule has 0 saturated carbocycles. The van der Waals surface area contributed by atoms with Gasteiger partial charge in [-0.25, -0.2) is 4.79 Å². The molecule has 2 amide bonds. The lowest BCUT2D eigenvalue weighted by Gasteiger charge is -2.51. The molecule has 2 N–H and O–H groups in total. The Balaban J connectivity index is 1.36. The van der Waals surface area contributed by atoms with Crippen LogP contribution >= 0.6 is 11.8 Å². The Hall–Kier alpha value is -3.78. The number of benzene rings is 3. The van der Waals surface area contributed by atoms with E-state index in [9.17, 15) is 19.5 Å². The number of thioether (sulfide) groups is 1. The minimum Gasteiger partial charge on any atom is -0.496 e. The van der Waals surface area contributed by atoms with Crippen molar-refractivity contribution < 1.29 is 24.2 Å². The van der Waals surface area contributed by atoms with Crippen LogP contribution in [0.15, 0.2) is 77.7 Å². The van der Waals surface area contributed by atoms with Crippen LogP contribution in [-0.2, 0) is 27.2 Å². The van der Waals surface area contributed by atoms with Gasteiger partial charge >= 0.3 is 5.97 Å². The fraction of sp³-hybridized carbons (Fsp3) is 0.222. The zero-order valence-electron chi connectivity index (χ0n) is 19.0. The normalized spacial score (nSPS) is 21.1. The second-order valence-electron chi connectivity index (χ2n) is 8.56. The number of fused-ring (bicyclic) bond motifs is 2. The van der Waals surface area contributed by atoms with Crippen molar-refractivity contribution in [1.82, 2.24) is 10.2 Å². The number of aliphatic carboxylic acids is 1. The van der Waals surface area contributed by atoms with Crippen LogP contribution < -0.4 is 10.1 Å². The third-order valence-corrected chi connectivity index (χ3v) is 7.63. The summed E-state index contributed by atoms with van der Waals surface area (Å²) < 4.78 is 5.47. The number of nitrogens with zero attached hydrogens (tertiary/aromatic N) is 1. The van der Waals surface area contributed by atoms with Gasteiger partial charge in [-0.15, -0.1) is 11.8 Å². The first-order valence-corrected chi connectivity index (χ1v) is 12.2. The predicted octanol–water partition coefficient (Wildman–Crippen LogP) is 3.37. The molecule has 0 bridgehead atoms. The second-order valence-corrected chi connectivity index (χ2v) is 9.55. The van der Waals surface area contributed by atoms with E-state index in [4.69, 9.17) is 4.74 Å². The smallest absolute Gasteiger partial charge is 0.330 e. The first kappa shape index (κ1) is 23.0. The maximum atomic E-state index is 13.0. The summed E-state index contributed by atoms with van der Waals surface area (Å²) in [5.41, 5.74) is 2.44. The van der Waals surface area contributed by atoms with Gasteiger partial charge in [-0.05, 0) is 40.0 Å². The van der Waals surface area contributed by atoms with Crippen molar-refractivity contribution in [2.24, 2.45) is 0 Å². The molecule has 0 spiro atoms. The van der Waals surface area contributed by atoms with Gasteiger partial charge in [-0.3, -0.25) is 9.59 Å². The summed E-state index contributed by atoms with van der Waals surface area (Å²) in [4.78, 5) is 39.1. The molecule has 3 aromatic carbocycles. The van der Waals surface area contributed by atoms with E-state index in [2.05, 4.69) is 5.32 Å². The molecule has 5 rings (SSSR count). The lowest BCUT2D eigenvalue weighted by Crippen LogP contribution is -2.74. The van der Waals surface area contributed by atoms with E-state index in [0.717, 1.165) is 27.6 Å². The number of carboxylic acid groups (broad SMARTS) is 1. The van der Waals surface area contributed by atoms with Crippen LogP contribution in [0.3, 0.4) is 0 Å². The van der Waals surface area contributed by atoms with Gasteiger partial charge in [-0.2, -0.15) is 0 Å². The molecule has 3 atom stereocenters. The lowest BCUT2D eigenvalue weighted by atomic mass is 9.91. The van der Waals surface area contributed by atoms with E-state index in [1.165, 1.54) is 16.7 Å². The topological polar surface area (TPSA) is 95.9 Å². The molecule has 0 aromatic heterocycles. The van der Waals surface area contributed by atoms with Gasteiger partial charge in [0.1, 0.15) is 17.2 Å². The molecule has 0 aliphatic carbocycles. The van der Waals surface area contributed by atoms with Crippen LogP contribution in [-0.4, -0.2) is 52.4 Å². The van der Waals surface area contributed by atoms with Crippen LogP contribution in [0.2, 0.25) is 0 Å². The number of ether oxygens (including phenoxy) is 1. The number of carbonyl (C=O) groups is 3. The predicted molar refractivity (Wildman–Crippen MR) is 134 cm³/mol. The van der Waals surface area contributed by atoms with E-state index >= 15 is 0 Å². The zero-order chi connectivity index (χ0) is 24.5. The third kappa shape index (κ3) is 4.25. The summed E-state index contributed by atoms with van der Waals surface area (Å²) in [7, 11) is 1.62. The monoisotopic (exact) mass is 488 g/mol. The fourth-order valence-corrected chi connectivity index (χ4v) is 5.97. The number of nitrogens with one attached hydrogen (secondary N) is 1. The first-order valence-electron chi connectivity index (χ1n) is 11.2. The summed E-state index contributed by atoms with van der Waals surface area (Å²) in [6.45, 7) is 0. The van der Waals surface area contributed by atoms with E-state index in [-0.39, 0.29) is 18.2 Å². The van der Waals surface area contributed by atoms with Gasteiger partial charge in [0, 0.05) is 5.39 Å². The van der Waals surface area contributed by atoms with Gasteiger partial charge < -0.3 is 20.1 Å². The van der Waals surface area contributed by atoms with Gasteiger partial charge in [0.25, 0.3) is 0 Å². The molecule has 2 heterocycles. The SMILES string of the molecule is COc1ccc(CC2=CS[C@@H]3C(NC(=O)Cc4ccccc4)C(=O)N3C2C(=O)O)c2ccccc12. The van der Waals surface area contributed by atoms with Crippen molar-refractivity contribution in [1.29, 1.82) is 0 Å². The van der Waals surface area contributed by atoms with Crippen LogP contribution in [0.25, 0.3) is 10.8 Å². The Kier molecular flexibility index (Phi) is 6.21. The number of β-lactam (4-membered cyclic amide) rings is 1. The Morgan fingerprint density at radius 1 is 1.03 bits per heavy atom. The van der Waals surface area contributed by atoms with E-state index in [1.807, 2.05) is 72.1 Å². The number of hydrogen-bond acceptors (Lipinski definition) is 5. The number of amides is 2. The fourth-order valence-electron chi connectivity index (χ4n) is 4.75. The first-order chi connectivity index (χ1) is 17.0. The number of carbonyl (C=O) groups excluding carboxylic acids is 2. The molecular weight excluding hydrogens is 464 g/mol. The molecule has 35 heavy (non-hydrogen) atoms. The van der Waals surface area contributed by atoms with Crippen molar-refractivity contribution in [3.63, 3.8) is 0 Å². The van der Waals surface area contributed by atoms with Crippen molar-refractivity contribution in [3.8, 4) is 5.75 Å². The average Bonchev–Trinajstić information content (AvgIpc) is 2.87. The van der Waals surface area contributed by atoms with Gasteiger partial charge in [-0.1, -0.05) is 60.7 Å². The van der Waals surface area contributed by atoms with E-state index in [1.54, 1.807) is 7.11 Å². The van der Waals surface area contributed by atoms with Crippen molar-refractivity contribution >= 4 is 40.3 Å². The number of carboxylic acids is 1. The molecular formula is C27H24N2O5S. The molecule has 1 saturated heterocycles. The Labute approximate surface area is 206 Å². The molecule has 178 valence electrons. The number of rotatable bonds is 7. The maximum absolute atomic E-state index is 13.0. The molecule has 3 aromatic rings. The van der Waals surface area contributed by atoms with Gasteiger partial charge in [0.05, 0.1) is 13.5 Å². The van der Waals surface area contributed by atoms with Crippen LogP contribution in [0, 0.1) is 0 Å². The highest BCUT2D eigenvalue weighted by atomic mass is 32.2. The summed E-state index contributed by atoms with van der Waals surface area (Å²) in [5.74, 6) is -0.970. The maximum Gasteiger partial charge on any atom is 0.330 e. The molecule has 2 aliphatic rings. The molecule has 1 fully saturated rings. The largest absolute Gasteiger partial charge is 0.496 e. The summed E-state index contributed by atoms with van der Waals surface area (Å²) >= 11 is 1.37. The molecule has 2 aliphatic heterocycles. The highest BCUT2D eigenvalue weighted by Crippen LogP contribution is 2.41. The van der Waals surface area contributed by atoms with Crippen LogP contribution in [0.1, 0.15) is 11.1 Å². The lowest BCUT2D eigenvalue weighted by molar-refractivity contribution is -0.160. The van der Waals surface area contributed by atoms with Gasteiger partial charge in [0.15, 0.2) is 6.04 Å². The summed E-state index contributed by atoms with van der Waals surface area (Å²) in [5, 5.41) is 16.1. The standard InChI is InChI=1S/C27H24N2O5S/c1-34-21-12-11-17(19-9-5-6-10-20(19)21)14-18-15-35-26-23(25(31)29(26)24(18)27(32)33)28-22(30)13-16-7-3-2-4-8-16/h2-12,15,23-24,26H,13-14H2,1H3,(H,28,30)(H,32,33)/t23?,24?,26-/m1/s1. The van der Waals surface area contributed by atoms with Crippen molar-refractivity contribution in [2.75, 3.05) is 7.11 Å².